The lowest BCUT2D eigenvalue weighted by Crippen LogP contribution is -2.49. The molecule has 4 N–H and O–H groups in total. The van der Waals surface area contributed by atoms with Gasteiger partial charge in [-0.2, -0.15) is 0 Å². The predicted molar refractivity (Wildman–Crippen MR) is 172 cm³/mol. The number of pyridine rings is 1. The van der Waals surface area contributed by atoms with Crippen molar-refractivity contribution in [3.05, 3.63) is 76.8 Å². The van der Waals surface area contributed by atoms with Crippen molar-refractivity contribution in [3.8, 4) is 5.75 Å². The summed E-state index contributed by atoms with van der Waals surface area (Å²) in [6.07, 6.45) is -0.178. The van der Waals surface area contributed by atoms with E-state index in [2.05, 4.69) is 27.9 Å². The molecule has 1 heterocycles. The number of rotatable bonds is 15. The molecule has 244 valence electrons. The third-order valence-corrected chi connectivity index (χ3v) is 10.00. The molecule has 0 unspecified atom stereocenters. The first kappa shape index (κ1) is 34.2. The quantitative estimate of drug-likeness (QED) is 0.180. The first-order valence-corrected chi connectivity index (χ1v) is 16.4. The zero-order valence-corrected chi connectivity index (χ0v) is 27.0. The molecule has 2 aromatic carbocycles. The van der Waals surface area contributed by atoms with Crippen LogP contribution in [-0.4, -0.2) is 68.6 Å². The minimum atomic E-state index is -3.76. The van der Waals surface area contributed by atoms with Crippen LogP contribution in [0.4, 0.5) is 26.1 Å². The van der Waals surface area contributed by atoms with Gasteiger partial charge in [0, 0.05) is 54.6 Å². The van der Waals surface area contributed by atoms with Crippen LogP contribution >= 0.6 is 11.6 Å². The molecule has 4 rings (SSSR count). The number of benzene rings is 2. The number of carbonyl (C=O) groups is 1. The largest absolute Gasteiger partial charge is 0.491 e. The molecule has 0 aliphatic heterocycles. The number of nitrogens with zero attached hydrogens (tertiary/aromatic N) is 2. The molecule has 4 atom stereocenters. The highest BCUT2D eigenvalue weighted by atomic mass is 35.5. The highest BCUT2D eigenvalue weighted by Crippen LogP contribution is 2.37. The van der Waals surface area contributed by atoms with Crippen molar-refractivity contribution >= 4 is 44.9 Å². The molecule has 3 aromatic rings. The summed E-state index contributed by atoms with van der Waals surface area (Å²) in [5.41, 5.74) is 0.738. The highest BCUT2D eigenvalue weighted by molar-refractivity contribution is 7.93. The molecule has 14 heteroatoms. The summed E-state index contributed by atoms with van der Waals surface area (Å²) in [4.78, 5) is 18.1. The molecule has 0 spiro atoms. The fourth-order valence-corrected chi connectivity index (χ4v) is 5.61. The Hall–Kier alpha value is -3.68. The molecule has 10 nitrogen and oxygen atoms in total. The molecule has 0 bridgehead atoms. The number of halogens is 3. The lowest BCUT2D eigenvalue weighted by atomic mass is 10.1. The minimum absolute atomic E-state index is 0.0310. The van der Waals surface area contributed by atoms with Crippen LogP contribution in [0.2, 0.25) is 5.02 Å². The Balaban J connectivity index is 1.58. The van der Waals surface area contributed by atoms with Crippen molar-refractivity contribution in [2.75, 3.05) is 41.7 Å². The second-order valence-electron chi connectivity index (χ2n) is 11.5. The maximum Gasteiger partial charge on any atom is 0.251 e. The van der Waals surface area contributed by atoms with E-state index in [0.29, 0.717) is 41.0 Å². The molecule has 1 aliphatic carbocycles. The number of aliphatic hydroxyl groups excluding tert-OH is 1. The maximum atomic E-state index is 13.8. The Morgan fingerprint density at radius 2 is 1.76 bits per heavy atom. The zero-order valence-electron chi connectivity index (χ0n) is 25.4. The first-order chi connectivity index (χ1) is 21.2. The van der Waals surface area contributed by atoms with E-state index in [0.717, 1.165) is 22.9 Å². The Bertz CT molecular complexity index is 1580. The van der Waals surface area contributed by atoms with Crippen LogP contribution in [0.15, 0.2) is 54.6 Å². The number of nitrogens with one attached hydrogen (secondary N) is 3. The van der Waals surface area contributed by atoms with E-state index < -0.39 is 45.0 Å². The number of amides is 1. The number of aliphatic hydroxyl groups is 1. The maximum absolute atomic E-state index is 13.8. The van der Waals surface area contributed by atoms with Gasteiger partial charge in [-0.15, -0.1) is 0 Å². The van der Waals surface area contributed by atoms with Crippen LogP contribution < -0.4 is 25.0 Å². The summed E-state index contributed by atoms with van der Waals surface area (Å²) < 4.78 is 60.0. The van der Waals surface area contributed by atoms with Crippen molar-refractivity contribution < 1.29 is 31.8 Å². The number of hydrogen-bond donors (Lipinski definition) is 4. The summed E-state index contributed by atoms with van der Waals surface area (Å²) in [5.74, 6) is -1.11. The SMILES string of the molecule is CC(C)S(=O)(=O)N(C)c1cc(C(=O)N[C@@H](COc2cc(F)cc(F)c2)[C@H](O)CNc2ccc(Cl)cc2)cc(NC[C@H]2C[C@@H]2C)n1. The summed E-state index contributed by atoms with van der Waals surface area (Å²) in [6, 6.07) is 11.2. The van der Waals surface area contributed by atoms with E-state index in [1.807, 2.05) is 0 Å². The van der Waals surface area contributed by atoms with E-state index in [4.69, 9.17) is 16.3 Å². The fourth-order valence-electron chi connectivity index (χ4n) is 4.50. The molecule has 1 amide bonds. The lowest BCUT2D eigenvalue weighted by molar-refractivity contribution is 0.0769. The minimum Gasteiger partial charge on any atom is -0.491 e. The predicted octanol–water partition coefficient (Wildman–Crippen LogP) is 4.91. The van der Waals surface area contributed by atoms with Crippen molar-refractivity contribution in [3.63, 3.8) is 0 Å². The second kappa shape index (κ2) is 14.6. The Kier molecular flexibility index (Phi) is 11.1. The van der Waals surface area contributed by atoms with Crippen molar-refractivity contribution in [2.24, 2.45) is 11.8 Å². The van der Waals surface area contributed by atoms with Crippen LogP contribution in [-0.2, 0) is 10.0 Å². The number of carbonyl (C=O) groups excluding carboxylic acids is 1. The van der Waals surface area contributed by atoms with Crippen LogP contribution in [0, 0.1) is 23.5 Å². The van der Waals surface area contributed by atoms with Crippen LogP contribution in [0.25, 0.3) is 0 Å². The van der Waals surface area contributed by atoms with Gasteiger partial charge in [0.1, 0.15) is 35.6 Å². The summed E-state index contributed by atoms with van der Waals surface area (Å²) in [6.45, 7) is 5.45. The van der Waals surface area contributed by atoms with E-state index >= 15 is 0 Å². The molecule has 1 aromatic heterocycles. The average Bonchev–Trinajstić information content (AvgIpc) is 3.71. The molecule has 45 heavy (non-hydrogen) atoms. The number of anilines is 3. The highest BCUT2D eigenvalue weighted by Gasteiger charge is 2.32. The second-order valence-corrected chi connectivity index (χ2v) is 14.4. The number of ether oxygens (including phenoxy) is 1. The molecular formula is C31H38ClF2N5O5S. The summed E-state index contributed by atoms with van der Waals surface area (Å²) in [5, 5.41) is 19.9. The third kappa shape index (κ3) is 9.41. The van der Waals surface area contributed by atoms with Gasteiger partial charge in [-0.05, 0) is 68.5 Å². The Morgan fingerprint density at radius 1 is 1.11 bits per heavy atom. The van der Waals surface area contributed by atoms with Gasteiger partial charge in [0.15, 0.2) is 0 Å². The van der Waals surface area contributed by atoms with Gasteiger partial charge in [0.25, 0.3) is 5.91 Å². The van der Waals surface area contributed by atoms with E-state index in [1.165, 1.54) is 19.2 Å². The monoisotopic (exact) mass is 665 g/mol. The van der Waals surface area contributed by atoms with E-state index in [9.17, 15) is 27.1 Å². The summed E-state index contributed by atoms with van der Waals surface area (Å²) >= 11 is 5.95. The smallest absolute Gasteiger partial charge is 0.251 e. The van der Waals surface area contributed by atoms with Gasteiger partial charge < -0.3 is 25.8 Å². The third-order valence-electron chi connectivity index (χ3n) is 7.60. The lowest BCUT2D eigenvalue weighted by Gasteiger charge is -2.26. The van der Waals surface area contributed by atoms with Crippen LogP contribution in [0.3, 0.4) is 0 Å². The van der Waals surface area contributed by atoms with Gasteiger partial charge >= 0.3 is 0 Å². The van der Waals surface area contributed by atoms with Crippen LogP contribution in [0.5, 0.6) is 5.75 Å². The summed E-state index contributed by atoms with van der Waals surface area (Å²) in [7, 11) is -2.39. The van der Waals surface area contributed by atoms with Crippen molar-refractivity contribution in [1.82, 2.24) is 10.3 Å². The van der Waals surface area contributed by atoms with Crippen molar-refractivity contribution in [1.29, 1.82) is 0 Å². The Labute approximate surface area is 267 Å². The number of hydrogen-bond acceptors (Lipinski definition) is 8. The van der Waals surface area contributed by atoms with Gasteiger partial charge in [-0.3, -0.25) is 9.10 Å². The normalized spacial score (nSPS) is 17.4. The first-order valence-electron chi connectivity index (χ1n) is 14.5. The van der Waals surface area contributed by atoms with Gasteiger partial charge in [-0.1, -0.05) is 18.5 Å². The van der Waals surface area contributed by atoms with Gasteiger partial charge in [0.05, 0.1) is 17.4 Å². The molecule has 1 fully saturated rings. The molecule has 0 radical (unpaired) electrons. The standard InChI is InChI=1S/C31H38ClF2N5O5S/c1-18(2)45(42,43)39(4)30-11-20(10-29(38-30)36-15-21-9-19(21)3)31(41)37-27(17-44-26-13-23(33)12-24(34)14-26)28(40)16-35-25-7-5-22(32)6-8-25/h5-8,10-14,18-19,21,27-28,35,40H,9,15-17H2,1-4H3,(H,36,38)(H,37,41)/t19-,21+,27-,28+/m0/s1. The van der Waals surface area contributed by atoms with E-state index in [1.54, 1.807) is 38.1 Å². The van der Waals surface area contributed by atoms with Crippen molar-refractivity contribution in [2.45, 2.75) is 44.6 Å². The fraction of sp³-hybridized carbons (Fsp3) is 0.419. The number of sulfonamides is 1. The Morgan fingerprint density at radius 3 is 2.36 bits per heavy atom. The topological polar surface area (TPSA) is 133 Å². The zero-order chi connectivity index (χ0) is 32.9. The van der Waals surface area contributed by atoms with E-state index in [-0.39, 0.29) is 30.3 Å². The average molecular weight is 666 g/mol. The molecule has 1 aliphatic rings. The molecule has 0 saturated heterocycles. The van der Waals surface area contributed by atoms with Gasteiger partial charge in [-0.25, -0.2) is 22.2 Å². The van der Waals surface area contributed by atoms with Crippen LogP contribution in [0.1, 0.15) is 37.6 Å². The molecular weight excluding hydrogens is 628 g/mol. The number of aromatic nitrogens is 1. The van der Waals surface area contributed by atoms with Gasteiger partial charge in [0.2, 0.25) is 10.0 Å². The molecule has 1 saturated carbocycles.